The first kappa shape index (κ1) is 11.9. The molecule has 0 fully saturated rings. The van der Waals surface area contributed by atoms with Crippen molar-refractivity contribution in [3.8, 4) is 0 Å². The number of nitrogens with one attached hydrogen (secondary N) is 1. The Morgan fingerprint density at radius 3 is 2.94 bits per heavy atom. The fourth-order valence-electron chi connectivity index (χ4n) is 2.16. The van der Waals surface area contributed by atoms with Gasteiger partial charge in [-0.3, -0.25) is 4.79 Å². The predicted octanol–water partition coefficient (Wildman–Crippen LogP) is 4.12. The van der Waals surface area contributed by atoms with Gasteiger partial charge in [0.1, 0.15) is 0 Å². The minimum absolute atomic E-state index is 0.115. The average Bonchev–Trinajstić information content (AvgIpc) is 2.91. The molecule has 0 bridgehead atoms. The Kier molecular flexibility index (Phi) is 3.22. The lowest BCUT2D eigenvalue weighted by Gasteiger charge is -2.18. The Balaban J connectivity index is 1.93. The van der Waals surface area contributed by atoms with E-state index in [0.29, 0.717) is 6.42 Å². The maximum Gasteiger partial charge on any atom is 0.224 e. The standard InChI is InChI=1S/C14H12BrNOS/c15-14(12-2-1-7-18-12)10-3-5-11-9(8-10)4-6-13(17)16-11/h1-3,5,7-8,14H,4,6H2,(H,16,17). The van der Waals surface area contributed by atoms with Crippen LogP contribution in [-0.4, -0.2) is 5.91 Å². The number of halogens is 1. The van der Waals surface area contributed by atoms with E-state index < -0.39 is 0 Å². The smallest absolute Gasteiger partial charge is 0.224 e. The lowest BCUT2D eigenvalue weighted by Crippen LogP contribution is -2.19. The maximum absolute atomic E-state index is 11.3. The van der Waals surface area contributed by atoms with Gasteiger partial charge in [-0.1, -0.05) is 34.1 Å². The highest BCUT2D eigenvalue weighted by Crippen LogP contribution is 2.36. The highest BCUT2D eigenvalue weighted by atomic mass is 79.9. The van der Waals surface area contributed by atoms with Gasteiger partial charge in [0.25, 0.3) is 0 Å². The van der Waals surface area contributed by atoms with E-state index in [1.165, 1.54) is 16.0 Å². The zero-order chi connectivity index (χ0) is 12.5. The van der Waals surface area contributed by atoms with Gasteiger partial charge in [0.15, 0.2) is 0 Å². The summed E-state index contributed by atoms with van der Waals surface area (Å²) < 4.78 is 0. The number of amides is 1. The first-order chi connectivity index (χ1) is 8.74. The SMILES string of the molecule is O=C1CCc2cc(C(Br)c3cccs3)ccc2N1. The van der Waals surface area contributed by atoms with Crippen LogP contribution in [0.5, 0.6) is 0 Å². The molecule has 1 aromatic carbocycles. The summed E-state index contributed by atoms with van der Waals surface area (Å²) in [5, 5.41) is 4.99. The van der Waals surface area contributed by atoms with E-state index in [1.54, 1.807) is 11.3 Å². The molecule has 0 saturated carbocycles. The number of hydrogen-bond donors (Lipinski definition) is 1. The molecular formula is C14H12BrNOS. The number of rotatable bonds is 2. The molecular weight excluding hydrogens is 310 g/mol. The second-order valence-corrected chi connectivity index (χ2v) is 6.24. The molecule has 2 heterocycles. The van der Waals surface area contributed by atoms with Crippen molar-refractivity contribution in [1.29, 1.82) is 0 Å². The van der Waals surface area contributed by atoms with E-state index in [4.69, 9.17) is 0 Å². The molecule has 1 aliphatic heterocycles. The highest BCUT2D eigenvalue weighted by molar-refractivity contribution is 9.09. The van der Waals surface area contributed by atoms with Gasteiger partial charge in [-0.25, -0.2) is 0 Å². The van der Waals surface area contributed by atoms with E-state index in [1.807, 2.05) is 6.07 Å². The van der Waals surface area contributed by atoms with Crippen LogP contribution in [0.2, 0.25) is 0 Å². The fourth-order valence-corrected chi connectivity index (χ4v) is 3.65. The van der Waals surface area contributed by atoms with Crippen molar-refractivity contribution in [3.63, 3.8) is 0 Å². The van der Waals surface area contributed by atoms with Gasteiger partial charge in [-0.2, -0.15) is 0 Å². The summed E-state index contributed by atoms with van der Waals surface area (Å²) in [5.74, 6) is 0.115. The van der Waals surface area contributed by atoms with Crippen molar-refractivity contribution in [1.82, 2.24) is 0 Å². The predicted molar refractivity (Wildman–Crippen MR) is 78.5 cm³/mol. The summed E-state index contributed by atoms with van der Waals surface area (Å²) in [5.41, 5.74) is 3.43. The van der Waals surface area contributed by atoms with Gasteiger partial charge < -0.3 is 5.32 Å². The van der Waals surface area contributed by atoms with Gasteiger partial charge in [-0.15, -0.1) is 11.3 Å². The molecule has 0 saturated heterocycles. The quantitative estimate of drug-likeness (QED) is 0.828. The zero-order valence-electron chi connectivity index (χ0n) is 9.65. The normalized spacial score (nSPS) is 15.9. The molecule has 1 amide bonds. The second kappa shape index (κ2) is 4.86. The largest absolute Gasteiger partial charge is 0.326 e. The lowest BCUT2D eigenvalue weighted by molar-refractivity contribution is -0.116. The number of anilines is 1. The molecule has 2 nitrogen and oxygen atoms in total. The minimum Gasteiger partial charge on any atom is -0.326 e. The van der Waals surface area contributed by atoms with Gasteiger partial charge in [0.2, 0.25) is 5.91 Å². The third kappa shape index (κ3) is 2.22. The van der Waals surface area contributed by atoms with Crippen molar-refractivity contribution >= 4 is 38.9 Å². The van der Waals surface area contributed by atoms with Crippen molar-refractivity contribution in [2.24, 2.45) is 0 Å². The van der Waals surface area contributed by atoms with Crippen LogP contribution >= 0.6 is 27.3 Å². The molecule has 1 unspecified atom stereocenters. The number of alkyl halides is 1. The number of hydrogen-bond acceptors (Lipinski definition) is 2. The molecule has 1 aliphatic rings. The first-order valence-electron chi connectivity index (χ1n) is 5.84. The summed E-state index contributed by atoms with van der Waals surface area (Å²) in [7, 11) is 0. The van der Waals surface area contributed by atoms with Crippen molar-refractivity contribution in [3.05, 3.63) is 51.7 Å². The third-order valence-electron chi connectivity index (χ3n) is 3.11. The van der Waals surface area contributed by atoms with E-state index in [0.717, 1.165) is 12.1 Å². The molecule has 18 heavy (non-hydrogen) atoms. The minimum atomic E-state index is 0.115. The topological polar surface area (TPSA) is 29.1 Å². The Morgan fingerprint density at radius 1 is 1.28 bits per heavy atom. The second-order valence-electron chi connectivity index (χ2n) is 4.34. The van der Waals surface area contributed by atoms with Gasteiger partial charge in [0, 0.05) is 17.0 Å². The van der Waals surface area contributed by atoms with Crippen LogP contribution in [0.4, 0.5) is 5.69 Å². The molecule has 3 rings (SSSR count). The van der Waals surface area contributed by atoms with Crippen LogP contribution in [-0.2, 0) is 11.2 Å². The van der Waals surface area contributed by atoms with Crippen LogP contribution < -0.4 is 5.32 Å². The highest BCUT2D eigenvalue weighted by Gasteiger charge is 2.17. The van der Waals surface area contributed by atoms with Gasteiger partial charge >= 0.3 is 0 Å². The van der Waals surface area contributed by atoms with Crippen LogP contribution in [0.25, 0.3) is 0 Å². The summed E-state index contributed by atoms with van der Waals surface area (Å²) >= 11 is 5.48. The Bertz CT molecular complexity index is 579. The molecule has 4 heteroatoms. The van der Waals surface area contributed by atoms with Crippen molar-refractivity contribution in [2.75, 3.05) is 5.32 Å². The average molecular weight is 322 g/mol. The molecule has 92 valence electrons. The van der Waals surface area contributed by atoms with E-state index >= 15 is 0 Å². The Labute approximate surface area is 118 Å². The Morgan fingerprint density at radius 2 is 2.17 bits per heavy atom. The Hall–Kier alpha value is -1.13. The monoisotopic (exact) mass is 321 g/mol. The zero-order valence-corrected chi connectivity index (χ0v) is 12.1. The number of benzene rings is 1. The lowest BCUT2D eigenvalue weighted by atomic mass is 9.99. The van der Waals surface area contributed by atoms with Crippen LogP contribution in [0, 0.1) is 0 Å². The maximum atomic E-state index is 11.3. The van der Waals surface area contributed by atoms with Crippen LogP contribution in [0.15, 0.2) is 35.7 Å². The number of carbonyl (C=O) groups is 1. The molecule has 0 aliphatic carbocycles. The number of aryl methyl sites for hydroxylation is 1. The number of fused-ring (bicyclic) bond motifs is 1. The summed E-state index contributed by atoms with van der Waals surface area (Å²) in [6.07, 6.45) is 1.42. The van der Waals surface area contributed by atoms with Gasteiger partial charge in [0.05, 0.1) is 4.83 Å². The third-order valence-corrected chi connectivity index (χ3v) is 5.37. The van der Waals surface area contributed by atoms with Crippen molar-refractivity contribution in [2.45, 2.75) is 17.7 Å². The molecule has 1 N–H and O–H groups in total. The summed E-state index contributed by atoms with van der Waals surface area (Å²) in [6, 6.07) is 10.5. The number of thiophene rings is 1. The van der Waals surface area contributed by atoms with E-state index in [9.17, 15) is 4.79 Å². The number of carbonyl (C=O) groups excluding carboxylic acids is 1. The van der Waals surface area contributed by atoms with Crippen molar-refractivity contribution < 1.29 is 4.79 Å². The summed E-state index contributed by atoms with van der Waals surface area (Å²) in [6.45, 7) is 0. The van der Waals surface area contributed by atoms with E-state index in [-0.39, 0.29) is 10.7 Å². The molecule has 1 aromatic heterocycles. The van der Waals surface area contributed by atoms with Gasteiger partial charge in [-0.05, 0) is 35.1 Å². The molecule has 2 aromatic rings. The molecule has 0 spiro atoms. The first-order valence-corrected chi connectivity index (χ1v) is 7.64. The molecule has 1 atom stereocenters. The van der Waals surface area contributed by atoms with Crippen LogP contribution in [0.3, 0.4) is 0 Å². The summed E-state index contributed by atoms with van der Waals surface area (Å²) in [4.78, 5) is 12.8. The van der Waals surface area contributed by atoms with Crippen LogP contribution in [0.1, 0.15) is 27.3 Å². The fraction of sp³-hybridized carbons (Fsp3) is 0.214. The molecule has 0 radical (unpaired) electrons. The van der Waals surface area contributed by atoms with E-state index in [2.05, 4.69) is 50.9 Å².